The Morgan fingerprint density at radius 3 is 2.67 bits per heavy atom. The number of ether oxygens (including phenoxy) is 2. The molecule has 6 heterocycles. The van der Waals surface area contributed by atoms with Crippen molar-refractivity contribution < 1.29 is 13.9 Å². The Balaban J connectivity index is 1.12. The van der Waals surface area contributed by atoms with Crippen LogP contribution in [0.25, 0.3) is 22.2 Å². The van der Waals surface area contributed by atoms with Gasteiger partial charge in [-0.2, -0.15) is 0 Å². The molecule has 1 aliphatic carbocycles. The Bertz CT molecular complexity index is 1480. The minimum Gasteiger partial charge on any atom is -0.481 e. The van der Waals surface area contributed by atoms with Gasteiger partial charge in [-0.15, -0.1) is 0 Å². The van der Waals surface area contributed by atoms with Crippen molar-refractivity contribution in [1.82, 2.24) is 30.2 Å². The van der Waals surface area contributed by atoms with Gasteiger partial charge in [0.05, 0.1) is 48.4 Å². The van der Waals surface area contributed by atoms with Crippen LogP contribution >= 0.6 is 0 Å². The van der Waals surface area contributed by atoms with E-state index in [-0.39, 0.29) is 22.5 Å². The van der Waals surface area contributed by atoms with E-state index in [0.717, 1.165) is 37.8 Å². The number of nitrogens with zero attached hydrogens (tertiary/aromatic N) is 4. The third kappa shape index (κ3) is 4.20. The van der Waals surface area contributed by atoms with Crippen LogP contribution < -0.4 is 15.6 Å². The zero-order valence-electron chi connectivity index (χ0n) is 20.0. The second-order valence-electron chi connectivity index (χ2n) is 9.83. The van der Waals surface area contributed by atoms with E-state index in [0.29, 0.717) is 53.2 Å². The SMILES string of the molecule is COc1ccc2ncc(F)c(CCC34CCC(NCc5ccc6ncc(=O)[nH]c6n5)(CC3)CO4)c2n1. The van der Waals surface area contributed by atoms with E-state index >= 15 is 0 Å². The maximum absolute atomic E-state index is 14.8. The molecule has 9 nitrogen and oxygen atoms in total. The molecule has 2 aliphatic heterocycles. The first kappa shape index (κ1) is 22.9. The Labute approximate surface area is 206 Å². The minimum absolute atomic E-state index is 0.107. The summed E-state index contributed by atoms with van der Waals surface area (Å²) < 4.78 is 26.4. The van der Waals surface area contributed by atoms with Gasteiger partial charge >= 0.3 is 0 Å². The second-order valence-corrected chi connectivity index (χ2v) is 9.83. The summed E-state index contributed by atoms with van der Waals surface area (Å²) in [6.45, 7) is 1.18. The normalized spacial score (nSPS) is 23.4. The summed E-state index contributed by atoms with van der Waals surface area (Å²) >= 11 is 0. The molecule has 1 saturated carbocycles. The third-order valence-electron chi connectivity index (χ3n) is 7.69. The van der Waals surface area contributed by atoms with Gasteiger partial charge in [0.2, 0.25) is 5.88 Å². The van der Waals surface area contributed by atoms with Crippen LogP contribution in [0.5, 0.6) is 5.88 Å². The first-order valence-corrected chi connectivity index (χ1v) is 12.2. The number of fused-ring (bicyclic) bond motifs is 5. The summed E-state index contributed by atoms with van der Waals surface area (Å²) in [5, 5.41) is 3.66. The average Bonchev–Trinajstić information content (AvgIpc) is 2.92. The van der Waals surface area contributed by atoms with Crippen LogP contribution in [-0.4, -0.2) is 49.8 Å². The zero-order chi connectivity index (χ0) is 24.8. The largest absolute Gasteiger partial charge is 0.481 e. The van der Waals surface area contributed by atoms with Crippen LogP contribution in [0.2, 0.25) is 0 Å². The Morgan fingerprint density at radius 2 is 1.89 bits per heavy atom. The Hall–Kier alpha value is -3.50. The molecule has 2 N–H and O–H groups in total. The number of hydrogen-bond acceptors (Lipinski definition) is 8. The van der Waals surface area contributed by atoms with Crippen LogP contribution in [-0.2, 0) is 17.7 Å². The van der Waals surface area contributed by atoms with E-state index in [2.05, 4.69) is 30.2 Å². The maximum Gasteiger partial charge on any atom is 0.268 e. The zero-order valence-corrected chi connectivity index (χ0v) is 20.0. The number of aromatic amines is 1. The number of H-pyrrole nitrogens is 1. The molecule has 7 rings (SSSR count). The van der Waals surface area contributed by atoms with Crippen LogP contribution in [0.1, 0.15) is 43.4 Å². The molecule has 186 valence electrons. The monoisotopic (exact) mass is 490 g/mol. The molecule has 0 unspecified atom stereocenters. The van der Waals surface area contributed by atoms with Crippen molar-refractivity contribution in [3.05, 3.63) is 64.1 Å². The first-order valence-electron chi connectivity index (χ1n) is 12.2. The molecule has 4 aromatic rings. The topological polar surface area (TPSA) is 115 Å². The molecule has 10 heteroatoms. The summed E-state index contributed by atoms with van der Waals surface area (Å²) in [4.78, 5) is 31.6. The van der Waals surface area contributed by atoms with Gasteiger partial charge in [-0.1, -0.05) is 0 Å². The molecular weight excluding hydrogens is 463 g/mol. The van der Waals surface area contributed by atoms with E-state index in [4.69, 9.17) is 9.47 Å². The van der Waals surface area contributed by atoms with E-state index in [9.17, 15) is 9.18 Å². The summed E-state index contributed by atoms with van der Waals surface area (Å²) in [5.74, 6) is 0.0991. The molecule has 0 radical (unpaired) electrons. The van der Waals surface area contributed by atoms with Crippen LogP contribution in [0.4, 0.5) is 4.39 Å². The predicted molar refractivity (Wildman–Crippen MR) is 131 cm³/mol. The molecule has 36 heavy (non-hydrogen) atoms. The fourth-order valence-electron chi connectivity index (χ4n) is 5.44. The summed E-state index contributed by atoms with van der Waals surface area (Å²) in [6, 6.07) is 7.32. The highest BCUT2D eigenvalue weighted by atomic mass is 19.1. The highest BCUT2D eigenvalue weighted by Gasteiger charge is 2.49. The number of pyridine rings is 3. The highest BCUT2D eigenvalue weighted by molar-refractivity contribution is 5.78. The molecule has 3 aliphatic rings. The molecule has 0 amide bonds. The van der Waals surface area contributed by atoms with E-state index in [1.807, 2.05) is 12.1 Å². The van der Waals surface area contributed by atoms with Crippen LogP contribution in [0.3, 0.4) is 0 Å². The fourth-order valence-corrected chi connectivity index (χ4v) is 5.44. The molecular formula is C26H27FN6O3. The van der Waals surface area contributed by atoms with Gasteiger partial charge in [0.1, 0.15) is 11.3 Å². The smallest absolute Gasteiger partial charge is 0.268 e. The summed E-state index contributed by atoms with van der Waals surface area (Å²) in [7, 11) is 1.55. The Kier molecular flexibility index (Phi) is 5.65. The van der Waals surface area contributed by atoms with Crippen molar-refractivity contribution in [2.45, 2.75) is 56.2 Å². The maximum atomic E-state index is 14.8. The molecule has 3 fully saturated rings. The van der Waals surface area contributed by atoms with Crippen molar-refractivity contribution in [2.75, 3.05) is 13.7 Å². The second kappa shape index (κ2) is 8.86. The van der Waals surface area contributed by atoms with E-state index in [1.165, 1.54) is 12.4 Å². The molecule has 2 bridgehead atoms. The molecule has 0 atom stereocenters. The lowest BCUT2D eigenvalue weighted by Gasteiger charge is -2.53. The van der Waals surface area contributed by atoms with Gasteiger partial charge in [0.15, 0.2) is 5.65 Å². The molecule has 0 aromatic carbocycles. The van der Waals surface area contributed by atoms with Gasteiger partial charge in [-0.25, -0.2) is 19.3 Å². The van der Waals surface area contributed by atoms with Crippen molar-refractivity contribution in [1.29, 1.82) is 0 Å². The average molecular weight is 491 g/mol. The lowest BCUT2D eigenvalue weighted by molar-refractivity contribution is -0.165. The number of aromatic nitrogens is 5. The first-order chi connectivity index (χ1) is 17.5. The molecule has 0 spiro atoms. The van der Waals surface area contributed by atoms with Crippen molar-refractivity contribution >= 4 is 22.2 Å². The van der Waals surface area contributed by atoms with Crippen molar-refractivity contribution in [3.8, 4) is 5.88 Å². The van der Waals surface area contributed by atoms with Crippen LogP contribution in [0.15, 0.2) is 41.5 Å². The fraction of sp³-hybridized carbons (Fsp3) is 0.423. The number of methoxy groups -OCH3 is 1. The predicted octanol–water partition coefficient (Wildman–Crippen LogP) is 3.21. The number of halogens is 1. The summed E-state index contributed by atoms with van der Waals surface area (Å²) in [6.07, 6.45) is 7.55. The van der Waals surface area contributed by atoms with Gasteiger partial charge < -0.3 is 19.8 Å². The lowest BCUT2D eigenvalue weighted by atomic mass is 9.69. The van der Waals surface area contributed by atoms with E-state index < -0.39 is 0 Å². The number of hydrogen-bond donors (Lipinski definition) is 2. The van der Waals surface area contributed by atoms with Crippen LogP contribution in [0, 0.1) is 5.82 Å². The lowest BCUT2D eigenvalue weighted by Crippen LogP contribution is -2.61. The minimum atomic E-state index is -0.346. The number of rotatable bonds is 7. The standard InChI is InChI=1S/C26H27FN6O3/c1-35-22-5-4-19-23(33-22)17(18(27)13-28-19)6-7-26-10-8-25(9-11-26,15-36-26)30-12-16-2-3-20-24(31-16)32-21(34)14-29-20/h2-5,13-14,30H,6-12,15H2,1H3,(H,31,32,34). The van der Waals surface area contributed by atoms with Crippen molar-refractivity contribution in [2.24, 2.45) is 0 Å². The highest BCUT2D eigenvalue weighted by Crippen LogP contribution is 2.46. The number of nitrogens with one attached hydrogen (secondary N) is 2. The number of aryl methyl sites for hydroxylation is 1. The van der Waals surface area contributed by atoms with Crippen molar-refractivity contribution in [3.63, 3.8) is 0 Å². The quantitative estimate of drug-likeness (QED) is 0.406. The third-order valence-corrected chi connectivity index (χ3v) is 7.69. The Morgan fingerprint density at radius 1 is 1.08 bits per heavy atom. The summed E-state index contributed by atoms with van der Waals surface area (Å²) in [5.41, 5.74) is 3.13. The van der Waals surface area contributed by atoms with Gasteiger partial charge in [0.25, 0.3) is 5.56 Å². The van der Waals surface area contributed by atoms with E-state index in [1.54, 1.807) is 19.2 Å². The van der Waals surface area contributed by atoms with Gasteiger partial charge in [0, 0.05) is 23.7 Å². The molecule has 2 saturated heterocycles. The van der Waals surface area contributed by atoms with Gasteiger partial charge in [-0.05, 0) is 56.7 Å². The molecule has 4 aromatic heterocycles. The van der Waals surface area contributed by atoms with Gasteiger partial charge in [-0.3, -0.25) is 9.78 Å².